The molecule has 4 heteroatoms. The van der Waals surface area contributed by atoms with E-state index in [4.69, 9.17) is 5.26 Å². The maximum absolute atomic E-state index is 12.7. The Morgan fingerprint density at radius 3 is 1.68 bits per heavy atom. The van der Waals surface area contributed by atoms with E-state index in [9.17, 15) is 13.2 Å². The number of rotatable bonds is 4. The van der Waals surface area contributed by atoms with Crippen LogP contribution in [0.5, 0.6) is 0 Å². The number of hydrogen-bond acceptors (Lipinski definition) is 1. The maximum atomic E-state index is 12.7. The van der Waals surface area contributed by atoms with Crippen molar-refractivity contribution < 1.29 is 13.2 Å². The van der Waals surface area contributed by atoms with E-state index in [1.54, 1.807) is 18.2 Å². The SMILES string of the molecule is N#CC=C[C@H]1CC[C@H](/C=C/[C@H]2CC[C@H](c3ccc(C(F)(F)F)cc3)CC2)CC1. The lowest BCUT2D eigenvalue weighted by Gasteiger charge is -2.28. The monoisotopic (exact) mass is 387 g/mol. The first-order valence-corrected chi connectivity index (χ1v) is 10.4. The lowest BCUT2D eigenvalue weighted by molar-refractivity contribution is -0.137. The van der Waals surface area contributed by atoms with Gasteiger partial charge >= 0.3 is 6.18 Å². The van der Waals surface area contributed by atoms with E-state index in [1.807, 2.05) is 6.08 Å². The van der Waals surface area contributed by atoms with Gasteiger partial charge < -0.3 is 0 Å². The third-order valence-corrected chi connectivity index (χ3v) is 6.40. The lowest BCUT2D eigenvalue weighted by Crippen LogP contribution is -2.14. The van der Waals surface area contributed by atoms with Gasteiger partial charge in [0.15, 0.2) is 0 Å². The van der Waals surface area contributed by atoms with Gasteiger partial charge in [-0.3, -0.25) is 0 Å². The Labute approximate surface area is 165 Å². The second-order valence-electron chi connectivity index (χ2n) is 8.28. The molecule has 2 fully saturated rings. The van der Waals surface area contributed by atoms with Gasteiger partial charge in [-0.25, -0.2) is 0 Å². The summed E-state index contributed by atoms with van der Waals surface area (Å²) in [6.45, 7) is 0. The summed E-state index contributed by atoms with van der Waals surface area (Å²) in [5.74, 6) is 2.19. The summed E-state index contributed by atoms with van der Waals surface area (Å²) < 4.78 is 38.1. The largest absolute Gasteiger partial charge is 0.416 e. The minimum atomic E-state index is -4.26. The molecule has 0 bridgehead atoms. The fourth-order valence-corrected chi connectivity index (χ4v) is 4.61. The van der Waals surface area contributed by atoms with Crippen molar-refractivity contribution in [1.82, 2.24) is 0 Å². The second kappa shape index (κ2) is 9.45. The number of alkyl halides is 3. The molecule has 0 amide bonds. The van der Waals surface area contributed by atoms with Crippen LogP contribution in [0, 0.1) is 29.1 Å². The van der Waals surface area contributed by atoms with E-state index in [0.717, 1.165) is 44.1 Å². The van der Waals surface area contributed by atoms with Crippen molar-refractivity contribution in [2.24, 2.45) is 17.8 Å². The number of allylic oxidation sites excluding steroid dienone is 4. The van der Waals surface area contributed by atoms with E-state index < -0.39 is 11.7 Å². The van der Waals surface area contributed by atoms with Crippen molar-refractivity contribution in [1.29, 1.82) is 5.26 Å². The van der Waals surface area contributed by atoms with Crippen LogP contribution >= 0.6 is 0 Å². The number of benzene rings is 1. The molecule has 0 radical (unpaired) electrons. The average molecular weight is 387 g/mol. The molecule has 0 saturated heterocycles. The van der Waals surface area contributed by atoms with Gasteiger partial charge in [0.1, 0.15) is 0 Å². The molecule has 1 nitrogen and oxygen atoms in total. The molecule has 3 rings (SSSR count). The summed E-state index contributed by atoms with van der Waals surface area (Å²) in [5.41, 5.74) is 0.477. The van der Waals surface area contributed by atoms with Crippen LogP contribution in [0.1, 0.15) is 68.4 Å². The lowest BCUT2D eigenvalue weighted by atomic mass is 9.77. The molecule has 0 N–H and O–H groups in total. The van der Waals surface area contributed by atoms with Crippen LogP contribution in [0.15, 0.2) is 48.6 Å². The van der Waals surface area contributed by atoms with Gasteiger partial charge in [0.05, 0.1) is 11.6 Å². The smallest absolute Gasteiger partial charge is 0.193 e. The summed E-state index contributed by atoms with van der Waals surface area (Å²) in [4.78, 5) is 0. The molecular formula is C24H28F3N. The summed E-state index contributed by atoms with van der Waals surface area (Å²) in [6, 6.07) is 7.81. The Kier molecular flexibility index (Phi) is 6.99. The molecule has 150 valence electrons. The van der Waals surface area contributed by atoms with Crippen LogP contribution in [0.4, 0.5) is 13.2 Å². The number of nitriles is 1. The summed E-state index contributed by atoms with van der Waals surface area (Å²) in [7, 11) is 0. The van der Waals surface area contributed by atoms with Crippen LogP contribution in [-0.4, -0.2) is 0 Å². The van der Waals surface area contributed by atoms with Gasteiger partial charge in [0.25, 0.3) is 0 Å². The quantitative estimate of drug-likeness (QED) is 0.389. The topological polar surface area (TPSA) is 23.8 Å². The Morgan fingerprint density at radius 1 is 0.750 bits per heavy atom. The second-order valence-corrected chi connectivity index (χ2v) is 8.28. The van der Waals surface area contributed by atoms with Crippen LogP contribution in [-0.2, 0) is 6.18 Å². The molecular weight excluding hydrogens is 359 g/mol. The van der Waals surface area contributed by atoms with Gasteiger partial charge in [0, 0.05) is 6.08 Å². The van der Waals surface area contributed by atoms with Crippen LogP contribution in [0.25, 0.3) is 0 Å². The van der Waals surface area contributed by atoms with E-state index >= 15 is 0 Å². The van der Waals surface area contributed by atoms with Crippen LogP contribution in [0.3, 0.4) is 0 Å². The maximum Gasteiger partial charge on any atom is 0.416 e. The fourth-order valence-electron chi connectivity index (χ4n) is 4.61. The molecule has 28 heavy (non-hydrogen) atoms. The molecule has 0 spiro atoms. The van der Waals surface area contributed by atoms with E-state index in [0.29, 0.717) is 23.7 Å². The van der Waals surface area contributed by atoms with E-state index in [2.05, 4.69) is 18.2 Å². The van der Waals surface area contributed by atoms with Crippen molar-refractivity contribution >= 4 is 0 Å². The molecule has 0 aliphatic heterocycles. The van der Waals surface area contributed by atoms with Crippen molar-refractivity contribution in [3.05, 3.63) is 59.7 Å². The average Bonchev–Trinajstić information content (AvgIpc) is 2.71. The van der Waals surface area contributed by atoms with Gasteiger partial charge in [0.2, 0.25) is 0 Å². The molecule has 0 aromatic heterocycles. The van der Waals surface area contributed by atoms with E-state index in [1.165, 1.54) is 25.0 Å². The van der Waals surface area contributed by atoms with Crippen molar-refractivity contribution in [3.8, 4) is 6.07 Å². The van der Waals surface area contributed by atoms with E-state index in [-0.39, 0.29) is 0 Å². The van der Waals surface area contributed by atoms with Crippen molar-refractivity contribution in [3.63, 3.8) is 0 Å². The molecule has 2 aliphatic rings. The molecule has 2 aliphatic carbocycles. The Hall–Kier alpha value is -2.02. The van der Waals surface area contributed by atoms with Crippen molar-refractivity contribution in [2.45, 2.75) is 63.5 Å². The fraction of sp³-hybridized carbons (Fsp3) is 0.542. The summed E-state index contributed by atoms with van der Waals surface area (Å²) in [6.07, 6.45) is 13.2. The normalized spacial score (nSPS) is 29.2. The first-order chi connectivity index (χ1) is 13.5. The van der Waals surface area contributed by atoms with Gasteiger partial charge in [-0.05, 0) is 92.7 Å². The Morgan fingerprint density at radius 2 is 1.21 bits per heavy atom. The predicted octanol–water partition coefficient (Wildman–Crippen LogP) is 7.42. The minimum Gasteiger partial charge on any atom is -0.193 e. The molecule has 1 aromatic carbocycles. The molecule has 1 aromatic rings. The molecule has 0 unspecified atom stereocenters. The minimum absolute atomic E-state index is 0.384. The third-order valence-electron chi connectivity index (χ3n) is 6.40. The number of nitrogens with zero attached hydrogens (tertiary/aromatic N) is 1. The van der Waals surface area contributed by atoms with Crippen LogP contribution in [0.2, 0.25) is 0 Å². The standard InChI is InChI=1S/C24H28F3N/c25-24(26,27)23-15-13-22(14-16-23)21-11-9-20(10-12-21)8-7-19-5-3-18(4-6-19)2-1-17-28/h1-2,7-8,13-16,18-21H,3-6,9-12H2/b2-1?,8-7+/t18-,19-,20-,21-. The zero-order valence-electron chi connectivity index (χ0n) is 16.2. The Bertz CT molecular complexity index is 708. The van der Waals surface area contributed by atoms with Gasteiger partial charge in [-0.15, -0.1) is 0 Å². The first-order valence-electron chi connectivity index (χ1n) is 10.4. The highest BCUT2D eigenvalue weighted by molar-refractivity contribution is 5.27. The van der Waals surface area contributed by atoms with Crippen molar-refractivity contribution in [2.75, 3.05) is 0 Å². The van der Waals surface area contributed by atoms with Crippen LogP contribution < -0.4 is 0 Å². The first kappa shape index (κ1) is 20.7. The highest BCUT2D eigenvalue weighted by Crippen LogP contribution is 2.38. The highest BCUT2D eigenvalue weighted by Gasteiger charge is 2.30. The van der Waals surface area contributed by atoms with Gasteiger partial charge in [-0.1, -0.05) is 30.4 Å². The molecule has 0 atom stereocenters. The van der Waals surface area contributed by atoms with Gasteiger partial charge in [-0.2, -0.15) is 18.4 Å². The number of hydrogen-bond donors (Lipinski definition) is 0. The predicted molar refractivity (Wildman–Crippen MR) is 105 cm³/mol. The Balaban J connectivity index is 1.44. The zero-order valence-corrected chi connectivity index (χ0v) is 16.2. The highest BCUT2D eigenvalue weighted by atomic mass is 19.4. The number of halogens is 3. The molecule has 0 heterocycles. The molecule has 2 saturated carbocycles. The summed E-state index contributed by atoms with van der Waals surface area (Å²) in [5, 5.41) is 8.62. The zero-order chi connectivity index (χ0) is 20.0. The summed E-state index contributed by atoms with van der Waals surface area (Å²) >= 11 is 0. The third kappa shape index (κ3) is 5.74.